The van der Waals surface area contributed by atoms with Crippen LogP contribution in [-0.2, 0) is 28.6 Å². The topological polar surface area (TPSA) is 78.9 Å². The number of rotatable bonds is 46. The second-order valence-corrected chi connectivity index (χ2v) is 17.1. The lowest BCUT2D eigenvalue weighted by Crippen LogP contribution is -2.30. The van der Waals surface area contributed by atoms with Crippen molar-refractivity contribution in [3.05, 3.63) is 48.6 Å². The van der Waals surface area contributed by atoms with Crippen LogP contribution < -0.4 is 0 Å². The molecule has 0 saturated heterocycles. The average molecular weight is 841 g/mol. The lowest BCUT2D eigenvalue weighted by molar-refractivity contribution is -0.167. The summed E-state index contributed by atoms with van der Waals surface area (Å²) in [5.41, 5.74) is 0. The van der Waals surface area contributed by atoms with Crippen molar-refractivity contribution in [3.8, 4) is 0 Å². The molecule has 0 aliphatic heterocycles. The number of carbonyl (C=O) groups is 3. The van der Waals surface area contributed by atoms with Crippen LogP contribution in [0, 0.1) is 0 Å². The van der Waals surface area contributed by atoms with E-state index >= 15 is 0 Å². The summed E-state index contributed by atoms with van der Waals surface area (Å²) in [6.45, 7) is 6.58. The van der Waals surface area contributed by atoms with E-state index in [1.54, 1.807) is 0 Å². The van der Waals surface area contributed by atoms with Crippen molar-refractivity contribution >= 4 is 17.9 Å². The first-order valence-electron chi connectivity index (χ1n) is 25.7. The molecule has 0 aromatic carbocycles. The van der Waals surface area contributed by atoms with Gasteiger partial charge in [0.15, 0.2) is 6.10 Å². The Bertz CT molecular complexity index is 1060. The maximum atomic E-state index is 12.8. The van der Waals surface area contributed by atoms with E-state index in [-0.39, 0.29) is 31.1 Å². The van der Waals surface area contributed by atoms with Gasteiger partial charge in [-0.15, -0.1) is 0 Å². The minimum Gasteiger partial charge on any atom is -0.462 e. The van der Waals surface area contributed by atoms with Crippen molar-refractivity contribution in [2.45, 2.75) is 264 Å². The fourth-order valence-electron chi connectivity index (χ4n) is 7.20. The zero-order chi connectivity index (χ0) is 43.7. The Kier molecular flexibility index (Phi) is 46.9. The molecule has 1 atom stereocenters. The summed E-state index contributed by atoms with van der Waals surface area (Å²) >= 11 is 0. The van der Waals surface area contributed by atoms with Crippen LogP contribution in [0.4, 0.5) is 0 Å². The van der Waals surface area contributed by atoms with Gasteiger partial charge in [0.25, 0.3) is 0 Å². The highest BCUT2D eigenvalue weighted by Crippen LogP contribution is 2.14. The van der Waals surface area contributed by atoms with Crippen molar-refractivity contribution in [1.82, 2.24) is 0 Å². The molecule has 348 valence electrons. The number of ether oxygens (including phenoxy) is 3. The fourth-order valence-corrected chi connectivity index (χ4v) is 7.20. The van der Waals surface area contributed by atoms with E-state index in [4.69, 9.17) is 14.2 Å². The van der Waals surface area contributed by atoms with Crippen LogP contribution in [0.3, 0.4) is 0 Å². The summed E-state index contributed by atoms with van der Waals surface area (Å²) in [4.78, 5) is 37.9. The van der Waals surface area contributed by atoms with E-state index in [9.17, 15) is 14.4 Å². The zero-order valence-electron chi connectivity index (χ0n) is 39.7. The van der Waals surface area contributed by atoms with Gasteiger partial charge in [0.2, 0.25) is 0 Å². The molecule has 0 aliphatic carbocycles. The van der Waals surface area contributed by atoms with E-state index in [1.165, 1.54) is 141 Å². The molecule has 0 aromatic heterocycles. The summed E-state index contributed by atoms with van der Waals surface area (Å²) in [7, 11) is 0. The molecule has 0 heterocycles. The van der Waals surface area contributed by atoms with Crippen LogP contribution in [0.2, 0.25) is 0 Å². The number of hydrogen-bond acceptors (Lipinski definition) is 6. The maximum absolute atomic E-state index is 12.8. The Morgan fingerprint density at radius 2 is 0.617 bits per heavy atom. The van der Waals surface area contributed by atoms with Gasteiger partial charge in [-0.1, -0.05) is 217 Å². The second-order valence-electron chi connectivity index (χ2n) is 17.1. The Morgan fingerprint density at radius 3 is 0.983 bits per heavy atom. The van der Waals surface area contributed by atoms with E-state index in [0.29, 0.717) is 19.3 Å². The fraction of sp³-hybridized carbons (Fsp3) is 0.796. The Morgan fingerprint density at radius 1 is 0.333 bits per heavy atom. The van der Waals surface area contributed by atoms with Crippen molar-refractivity contribution in [1.29, 1.82) is 0 Å². The molecule has 0 aromatic rings. The first-order chi connectivity index (χ1) is 29.5. The minimum atomic E-state index is -0.779. The van der Waals surface area contributed by atoms with E-state index < -0.39 is 6.10 Å². The van der Waals surface area contributed by atoms with Crippen molar-refractivity contribution in [3.63, 3.8) is 0 Å². The number of esters is 3. The summed E-state index contributed by atoms with van der Waals surface area (Å²) < 4.78 is 16.7. The molecular formula is C54H96O6. The Balaban J connectivity index is 4.36. The predicted octanol–water partition coefficient (Wildman–Crippen LogP) is 16.7. The van der Waals surface area contributed by atoms with E-state index in [1.807, 2.05) is 0 Å². The summed E-state index contributed by atoms with van der Waals surface area (Å²) in [6.07, 6.45) is 58.1. The standard InChI is InChI=1S/C54H96O6/c1-4-7-10-13-16-19-21-23-25-26-27-29-30-32-35-38-41-44-47-53(56)59-50-51(49-58-52(55)46-43-40-37-34-18-15-12-9-6-3)60-54(57)48-45-42-39-36-33-31-28-24-22-20-17-14-11-8-5-2/h20-23,25-27,29,51H,4-19,24,28,30-50H2,1-3H3/b22-20-,23-21-,26-25-,29-27-. The number of unbranched alkanes of at least 4 members (excludes halogenated alkanes) is 29. The van der Waals surface area contributed by atoms with Gasteiger partial charge in [0.05, 0.1) is 0 Å². The first kappa shape index (κ1) is 57.4. The quantitative estimate of drug-likeness (QED) is 0.0200. The van der Waals surface area contributed by atoms with E-state index in [2.05, 4.69) is 69.4 Å². The summed E-state index contributed by atoms with van der Waals surface area (Å²) in [5, 5.41) is 0. The average Bonchev–Trinajstić information content (AvgIpc) is 3.24. The largest absolute Gasteiger partial charge is 0.462 e. The molecule has 1 unspecified atom stereocenters. The smallest absolute Gasteiger partial charge is 0.306 e. The first-order valence-corrected chi connectivity index (χ1v) is 25.7. The molecule has 0 radical (unpaired) electrons. The molecule has 0 fully saturated rings. The number of allylic oxidation sites excluding steroid dienone is 8. The minimum absolute atomic E-state index is 0.0799. The molecular weight excluding hydrogens is 745 g/mol. The van der Waals surface area contributed by atoms with Gasteiger partial charge in [-0.25, -0.2) is 0 Å². The third-order valence-electron chi connectivity index (χ3n) is 11.1. The van der Waals surface area contributed by atoms with Crippen LogP contribution in [0.25, 0.3) is 0 Å². The van der Waals surface area contributed by atoms with Crippen LogP contribution in [-0.4, -0.2) is 37.2 Å². The predicted molar refractivity (Wildman–Crippen MR) is 256 cm³/mol. The SMILES string of the molecule is CCCCCC/C=C\CCCCCCCCCC(=O)OC(COC(=O)CCCCCCC\C=C/C=C\C=C/CCCCCCC)COC(=O)CCCCCCCCCCC. The lowest BCUT2D eigenvalue weighted by atomic mass is 10.1. The normalized spacial score (nSPS) is 12.4. The molecule has 0 rings (SSSR count). The van der Waals surface area contributed by atoms with Gasteiger partial charge in [-0.3, -0.25) is 14.4 Å². The monoisotopic (exact) mass is 841 g/mol. The highest BCUT2D eigenvalue weighted by molar-refractivity contribution is 5.71. The number of carbonyl (C=O) groups excluding carboxylic acids is 3. The molecule has 60 heavy (non-hydrogen) atoms. The summed E-state index contributed by atoms with van der Waals surface area (Å²) in [6, 6.07) is 0. The summed E-state index contributed by atoms with van der Waals surface area (Å²) in [5.74, 6) is -0.902. The lowest BCUT2D eigenvalue weighted by Gasteiger charge is -2.18. The molecule has 0 N–H and O–H groups in total. The third kappa shape index (κ3) is 46.4. The van der Waals surface area contributed by atoms with Gasteiger partial charge in [-0.2, -0.15) is 0 Å². The molecule has 0 spiro atoms. The molecule has 0 aliphatic rings. The highest BCUT2D eigenvalue weighted by Gasteiger charge is 2.19. The van der Waals surface area contributed by atoms with Gasteiger partial charge < -0.3 is 14.2 Å². The third-order valence-corrected chi connectivity index (χ3v) is 11.1. The second kappa shape index (κ2) is 49.0. The van der Waals surface area contributed by atoms with Gasteiger partial charge in [0.1, 0.15) is 13.2 Å². The highest BCUT2D eigenvalue weighted by atomic mass is 16.6. The Labute approximate surface area is 371 Å². The van der Waals surface area contributed by atoms with Crippen LogP contribution in [0.5, 0.6) is 0 Å². The van der Waals surface area contributed by atoms with Gasteiger partial charge in [-0.05, 0) is 70.6 Å². The van der Waals surface area contributed by atoms with Crippen LogP contribution in [0.15, 0.2) is 48.6 Å². The van der Waals surface area contributed by atoms with E-state index in [0.717, 1.165) is 77.0 Å². The molecule has 6 nitrogen and oxygen atoms in total. The van der Waals surface area contributed by atoms with Crippen LogP contribution in [0.1, 0.15) is 258 Å². The van der Waals surface area contributed by atoms with Gasteiger partial charge in [0, 0.05) is 19.3 Å². The van der Waals surface area contributed by atoms with Gasteiger partial charge >= 0.3 is 17.9 Å². The zero-order valence-corrected chi connectivity index (χ0v) is 39.7. The van der Waals surface area contributed by atoms with Crippen molar-refractivity contribution < 1.29 is 28.6 Å². The molecule has 6 heteroatoms. The van der Waals surface area contributed by atoms with Crippen molar-refractivity contribution in [2.75, 3.05) is 13.2 Å². The number of hydrogen-bond donors (Lipinski definition) is 0. The molecule has 0 bridgehead atoms. The Hall–Kier alpha value is -2.63. The maximum Gasteiger partial charge on any atom is 0.306 e. The van der Waals surface area contributed by atoms with Crippen LogP contribution >= 0.6 is 0 Å². The molecule has 0 saturated carbocycles. The van der Waals surface area contributed by atoms with Crippen molar-refractivity contribution in [2.24, 2.45) is 0 Å². The molecule has 0 amide bonds.